The lowest BCUT2D eigenvalue weighted by atomic mass is 9.95. The molecule has 1 amide bonds. The van der Waals surface area contributed by atoms with E-state index in [9.17, 15) is 4.79 Å². The average Bonchev–Trinajstić information content (AvgIpc) is 3.20. The van der Waals surface area contributed by atoms with Gasteiger partial charge in [0.25, 0.3) is 5.91 Å². The number of ether oxygens (including phenoxy) is 1. The molecule has 0 radical (unpaired) electrons. The fourth-order valence-electron chi connectivity index (χ4n) is 3.54. The summed E-state index contributed by atoms with van der Waals surface area (Å²) in [5.41, 5.74) is 1.12. The van der Waals surface area contributed by atoms with Crippen LogP contribution in [0.3, 0.4) is 0 Å². The van der Waals surface area contributed by atoms with Gasteiger partial charge < -0.3 is 14.2 Å². The monoisotopic (exact) mass is 312 g/mol. The molecular weight excluding hydrogens is 292 g/mol. The molecule has 2 aliphatic heterocycles. The molecule has 0 spiro atoms. The molecule has 3 heterocycles. The molecule has 1 saturated heterocycles. The molecule has 4 rings (SSSR count). The zero-order chi connectivity index (χ0) is 15.8. The highest BCUT2D eigenvalue weighted by molar-refractivity contribution is 5.82. The Hall–Kier alpha value is -2.37. The Balaban J connectivity index is 1.38. The number of benzene rings is 1. The van der Waals surface area contributed by atoms with Crippen LogP contribution in [-0.4, -0.2) is 44.8 Å². The van der Waals surface area contributed by atoms with Crippen LogP contribution in [0, 0.1) is 0 Å². The van der Waals surface area contributed by atoms with Crippen molar-refractivity contribution in [1.29, 1.82) is 0 Å². The molecule has 1 unspecified atom stereocenters. The minimum absolute atomic E-state index is 0.109. The highest BCUT2D eigenvalue weighted by Gasteiger charge is 2.34. The van der Waals surface area contributed by atoms with Gasteiger partial charge in [0, 0.05) is 32.5 Å². The molecule has 6 nitrogen and oxygen atoms in total. The van der Waals surface area contributed by atoms with Crippen LogP contribution < -0.4 is 4.74 Å². The second-order valence-electron chi connectivity index (χ2n) is 6.32. The minimum atomic E-state index is -0.362. The minimum Gasteiger partial charge on any atom is -0.480 e. The van der Waals surface area contributed by atoms with Gasteiger partial charge in [0.1, 0.15) is 17.9 Å². The first kappa shape index (κ1) is 14.2. The first-order chi connectivity index (χ1) is 11.2. The number of amides is 1. The molecule has 1 aromatic carbocycles. The van der Waals surface area contributed by atoms with E-state index >= 15 is 0 Å². The molecule has 0 saturated carbocycles. The zero-order valence-electron chi connectivity index (χ0n) is 13.2. The van der Waals surface area contributed by atoms with Crippen LogP contribution in [-0.2, 0) is 18.3 Å². The highest BCUT2D eigenvalue weighted by Crippen LogP contribution is 2.31. The Morgan fingerprint density at radius 3 is 2.74 bits per heavy atom. The topological polar surface area (TPSA) is 60.2 Å². The predicted molar refractivity (Wildman–Crippen MR) is 84.1 cm³/mol. The van der Waals surface area contributed by atoms with Crippen molar-refractivity contribution < 1.29 is 9.53 Å². The van der Waals surface area contributed by atoms with E-state index < -0.39 is 0 Å². The number of likely N-dealkylation sites (tertiary alicyclic amines) is 1. The Kier molecular flexibility index (Phi) is 3.52. The number of nitrogens with zero attached hydrogens (tertiary/aromatic N) is 4. The molecular formula is C17H20N4O2. The maximum Gasteiger partial charge on any atom is 0.263 e. The standard InChI is InChI=1S/C17H20N4O2/c1-20-11-18-19-16(20)12-6-8-21(9-7-12)17(22)15-10-13-4-2-3-5-14(13)23-15/h2-5,11-12,15H,6-10H2,1H3. The first-order valence-electron chi connectivity index (χ1n) is 8.09. The number of aryl methyl sites for hydroxylation is 1. The maximum absolute atomic E-state index is 12.7. The summed E-state index contributed by atoms with van der Waals surface area (Å²) in [6, 6.07) is 7.89. The fourth-order valence-corrected chi connectivity index (χ4v) is 3.54. The Morgan fingerprint density at radius 2 is 2.04 bits per heavy atom. The molecule has 1 atom stereocenters. The van der Waals surface area contributed by atoms with Crippen molar-refractivity contribution in [2.45, 2.75) is 31.3 Å². The Morgan fingerprint density at radius 1 is 1.26 bits per heavy atom. The van der Waals surface area contributed by atoms with E-state index in [4.69, 9.17) is 4.74 Å². The molecule has 0 aliphatic carbocycles. The Bertz CT molecular complexity index is 694. The molecule has 23 heavy (non-hydrogen) atoms. The van der Waals surface area contributed by atoms with E-state index in [-0.39, 0.29) is 12.0 Å². The highest BCUT2D eigenvalue weighted by atomic mass is 16.5. The number of carbonyl (C=O) groups is 1. The number of fused-ring (bicyclic) bond motifs is 1. The summed E-state index contributed by atoms with van der Waals surface area (Å²) >= 11 is 0. The van der Waals surface area contributed by atoms with E-state index in [2.05, 4.69) is 10.2 Å². The molecule has 2 aliphatic rings. The smallest absolute Gasteiger partial charge is 0.263 e. The van der Waals surface area contributed by atoms with E-state index in [0.29, 0.717) is 12.3 Å². The van der Waals surface area contributed by atoms with Gasteiger partial charge in [0.05, 0.1) is 0 Å². The molecule has 0 N–H and O–H groups in total. The Labute approximate surface area is 135 Å². The van der Waals surface area contributed by atoms with Crippen LogP contribution >= 0.6 is 0 Å². The third kappa shape index (κ3) is 2.58. The van der Waals surface area contributed by atoms with Crippen LogP contribution in [0.2, 0.25) is 0 Å². The van der Waals surface area contributed by atoms with Gasteiger partial charge in [-0.15, -0.1) is 10.2 Å². The summed E-state index contributed by atoms with van der Waals surface area (Å²) in [5, 5.41) is 8.15. The van der Waals surface area contributed by atoms with Crippen molar-refractivity contribution in [3.63, 3.8) is 0 Å². The van der Waals surface area contributed by atoms with Crippen LogP contribution in [0.5, 0.6) is 5.75 Å². The van der Waals surface area contributed by atoms with Crippen LogP contribution in [0.15, 0.2) is 30.6 Å². The van der Waals surface area contributed by atoms with Gasteiger partial charge in [-0.1, -0.05) is 18.2 Å². The quantitative estimate of drug-likeness (QED) is 0.844. The van der Waals surface area contributed by atoms with Gasteiger partial charge in [0.15, 0.2) is 6.10 Å². The van der Waals surface area contributed by atoms with Gasteiger partial charge >= 0.3 is 0 Å². The average molecular weight is 312 g/mol. The normalized spacial score (nSPS) is 21.1. The summed E-state index contributed by atoms with van der Waals surface area (Å²) in [7, 11) is 1.97. The molecule has 1 fully saturated rings. The van der Waals surface area contributed by atoms with Crippen LogP contribution in [0.25, 0.3) is 0 Å². The van der Waals surface area contributed by atoms with E-state index in [0.717, 1.165) is 43.1 Å². The van der Waals surface area contributed by atoms with Gasteiger partial charge in [-0.2, -0.15) is 0 Å². The number of hydrogen-bond acceptors (Lipinski definition) is 4. The van der Waals surface area contributed by atoms with Gasteiger partial charge in [-0.25, -0.2) is 0 Å². The van der Waals surface area contributed by atoms with Gasteiger partial charge in [-0.05, 0) is 24.5 Å². The number of piperidine rings is 1. The number of rotatable bonds is 2. The van der Waals surface area contributed by atoms with Gasteiger partial charge in [-0.3, -0.25) is 4.79 Å². The van der Waals surface area contributed by atoms with Crippen molar-refractivity contribution in [3.8, 4) is 5.75 Å². The lowest BCUT2D eigenvalue weighted by Crippen LogP contribution is -2.45. The van der Waals surface area contributed by atoms with E-state index in [1.807, 2.05) is 40.8 Å². The first-order valence-corrected chi connectivity index (χ1v) is 8.09. The molecule has 120 valence electrons. The summed E-state index contributed by atoms with van der Waals surface area (Å²) in [5.74, 6) is 2.35. The number of aromatic nitrogens is 3. The number of para-hydroxylation sites is 1. The predicted octanol–water partition coefficient (Wildman–Crippen LogP) is 1.52. The molecule has 1 aromatic heterocycles. The molecule has 2 aromatic rings. The molecule has 6 heteroatoms. The third-order valence-electron chi connectivity index (χ3n) is 4.84. The summed E-state index contributed by atoms with van der Waals surface area (Å²) in [4.78, 5) is 14.6. The van der Waals surface area contributed by atoms with Gasteiger partial charge in [0.2, 0.25) is 0 Å². The van der Waals surface area contributed by atoms with Crippen LogP contribution in [0.1, 0.15) is 30.1 Å². The SMILES string of the molecule is Cn1cnnc1C1CCN(C(=O)C2Cc3ccccc3O2)CC1. The van der Waals surface area contributed by atoms with Crippen molar-refractivity contribution in [1.82, 2.24) is 19.7 Å². The maximum atomic E-state index is 12.7. The largest absolute Gasteiger partial charge is 0.480 e. The number of hydrogen-bond donors (Lipinski definition) is 0. The van der Waals surface area contributed by atoms with Crippen molar-refractivity contribution in [3.05, 3.63) is 42.0 Å². The fraction of sp³-hybridized carbons (Fsp3) is 0.471. The van der Waals surface area contributed by atoms with Crippen molar-refractivity contribution >= 4 is 5.91 Å². The van der Waals surface area contributed by atoms with Crippen molar-refractivity contribution in [2.75, 3.05) is 13.1 Å². The zero-order valence-corrected chi connectivity index (χ0v) is 13.2. The summed E-state index contributed by atoms with van der Waals surface area (Å²) in [6.45, 7) is 1.51. The third-order valence-corrected chi connectivity index (χ3v) is 4.84. The van der Waals surface area contributed by atoms with Crippen molar-refractivity contribution in [2.24, 2.45) is 7.05 Å². The lowest BCUT2D eigenvalue weighted by Gasteiger charge is -2.32. The second kappa shape index (κ2) is 5.68. The van der Waals surface area contributed by atoms with E-state index in [1.165, 1.54) is 0 Å². The summed E-state index contributed by atoms with van der Waals surface area (Å²) in [6.07, 6.45) is 3.91. The van der Waals surface area contributed by atoms with Crippen LogP contribution in [0.4, 0.5) is 0 Å². The molecule has 0 bridgehead atoms. The summed E-state index contributed by atoms with van der Waals surface area (Å²) < 4.78 is 7.79. The van der Waals surface area contributed by atoms with E-state index in [1.54, 1.807) is 6.33 Å². The second-order valence-corrected chi connectivity index (χ2v) is 6.32. The number of carbonyl (C=O) groups excluding carboxylic acids is 1. The lowest BCUT2D eigenvalue weighted by molar-refractivity contribution is -0.139.